The highest BCUT2D eigenvalue weighted by molar-refractivity contribution is 7.88. The topological polar surface area (TPSA) is 86.7 Å². The van der Waals surface area contributed by atoms with Crippen molar-refractivity contribution in [3.63, 3.8) is 0 Å². The number of halogens is 4. The van der Waals surface area contributed by atoms with Crippen molar-refractivity contribution in [1.82, 2.24) is 0 Å². The molecule has 0 unspecified atom stereocenters. The molecule has 0 amide bonds. The second-order valence-corrected chi connectivity index (χ2v) is 7.30. The van der Waals surface area contributed by atoms with Gasteiger partial charge in [0.1, 0.15) is 37.2 Å². The lowest BCUT2D eigenvalue weighted by molar-refractivity contribution is 0.0306. The van der Waals surface area contributed by atoms with E-state index < -0.39 is 63.7 Å². The molecule has 0 saturated carbocycles. The van der Waals surface area contributed by atoms with Gasteiger partial charge in [0.2, 0.25) is 0 Å². The molecule has 0 aliphatic rings. The Kier molecular flexibility index (Phi) is 7.91. The fraction of sp³-hybridized carbons (Fsp3) is 1.00. The second-order valence-electron chi connectivity index (χ2n) is 3.61. The highest BCUT2D eigenvalue weighted by Gasteiger charge is 2.33. The fourth-order valence-electron chi connectivity index (χ4n) is 0.942. The van der Waals surface area contributed by atoms with Crippen molar-refractivity contribution >= 4 is 20.2 Å². The molecule has 0 aliphatic heterocycles. The van der Waals surface area contributed by atoms with Crippen LogP contribution in [-0.4, -0.2) is 60.3 Å². The molecule has 0 aliphatic carbocycles. The Morgan fingerprint density at radius 2 is 1.00 bits per heavy atom. The highest BCUT2D eigenvalue weighted by atomic mass is 32.2. The molecule has 0 atom stereocenters. The Hall–Kier alpha value is -0.460. The first-order chi connectivity index (χ1) is 9.14. The van der Waals surface area contributed by atoms with Crippen LogP contribution in [0.2, 0.25) is 0 Å². The molecule has 6 nitrogen and oxygen atoms in total. The molecule has 0 saturated heterocycles. The summed E-state index contributed by atoms with van der Waals surface area (Å²) in [5.74, 6) is 0. The van der Waals surface area contributed by atoms with E-state index in [0.29, 0.717) is 0 Å². The van der Waals surface area contributed by atoms with Crippen molar-refractivity contribution in [2.24, 2.45) is 0 Å². The molecular formula is C8H14F4O6S2. The van der Waals surface area contributed by atoms with Crippen LogP contribution in [0.15, 0.2) is 0 Å². The Bertz CT molecular complexity index is 427. The molecule has 20 heavy (non-hydrogen) atoms. The summed E-state index contributed by atoms with van der Waals surface area (Å²) in [5.41, 5.74) is 0. The van der Waals surface area contributed by atoms with Crippen molar-refractivity contribution in [3.05, 3.63) is 0 Å². The van der Waals surface area contributed by atoms with Crippen molar-refractivity contribution in [2.45, 2.75) is 23.7 Å². The van der Waals surface area contributed by atoms with Gasteiger partial charge in [-0.2, -0.15) is 16.8 Å². The zero-order valence-electron chi connectivity index (χ0n) is 10.3. The minimum Gasteiger partial charge on any atom is -0.249 e. The van der Waals surface area contributed by atoms with Crippen LogP contribution < -0.4 is 0 Å². The van der Waals surface area contributed by atoms with E-state index >= 15 is 0 Å². The smallest absolute Gasteiger partial charge is 0.249 e. The molecule has 0 aromatic rings. The fourth-order valence-corrected chi connectivity index (χ4v) is 2.76. The van der Waals surface area contributed by atoms with E-state index in [9.17, 15) is 34.4 Å². The van der Waals surface area contributed by atoms with Gasteiger partial charge in [-0.1, -0.05) is 0 Å². The van der Waals surface area contributed by atoms with Crippen LogP contribution in [0.5, 0.6) is 0 Å². The van der Waals surface area contributed by atoms with Gasteiger partial charge in [0.05, 0.1) is 0 Å². The van der Waals surface area contributed by atoms with E-state index in [0.717, 1.165) is 6.92 Å². The Morgan fingerprint density at radius 3 is 1.20 bits per heavy atom. The van der Waals surface area contributed by atoms with Crippen LogP contribution >= 0.6 is 0 Å². The van der Waals surface area contributed by atoms with Crippen LogP contribution in [0.3, 0.4) is 0 Å². The van der Waals surface area contributed by atoms with E-state index in [-0.39, 0.29) is 0 Å². The van der Waals surface area contributed by atoms with Crippen LogP contribution in [0, 0.1) is 0 Å². The molecule has 0 rings (SSSR count). The summed E-state index contributed by atoms with van der Waals surface area (Å²) >= 11 is 0. The lowest BCUT2D eigenvalue weighted by Gasteiger charge is -2.18. The maximum atomic E-state index is 12.2. The van der Waals surface area contributed by atoms with Crippen molar-refractivity contribution in [2.75, 3.05) is 26.7 Å². The van der Waals surface area contributed by atoms with Crippen LogP contribution in [0.4, 0.5) is 17.6 Å². The Balaban J connectivity index is 4.84. The monoisotopic (exact) mass is 346 g/mol. The predicted octanol–water partition coefficient (Wildman–Crippen LogP) is 0.640. The van der Waals surface area contributed by atoms with E-state index in [1.165, 1.54) is 0 Å². The maximum Gasteiger partial charge on any atom is 0.277 e. The number of rotatable bonds is 10. The van der Waals surface area contributed by atoms with Gasteiger partial charge >= 0.3 is 0 Å². The first-order valence-electron chi connectivity index (χ1n) is 5.22. The Labute approximate surface area is 114 Å². The van der Waals surface area contributed by atoms with E-state index in [2.05, 4.69) is 8.37 Å². The molecular weight excluding hydrogens is 332 g/mol. The quantitative estimate of drug-likeness (QED) is 0.328. The highest BCUT2D eigenvalue weighted by Crippen LogP contribution is 2.15. The van der Waals surface area contributed by atoms with Gasteiger partial charge in [0.25, 0.3) is 20.2 Å². The number of hydrogen-bond acceptors (Lipinski definition) is 6. The molecule has 0 radical (unpaired) electrons. The zero-order valence-corrected chi connectivity index (χ0v) is 12.0. The summed E-state index contributed by atoms with van der Waals surface area (Å²) in [6, 6.07) is 0. The molecule has 0 aromatic heterocycles. The van der Waals surface area contributed by atoms with Gasteiger partial charge < -0.3 is 0 Å². The minimum absolute atomic E-state index is 0.788. The molecule has 12 heteroatoms. The van der Waals surface area contributed by atoms with Crippen LogP contribution in [0.1, 0.15) is 6.92 Å². The van der Waals surface area contributed by atoms with Gasteiger partial charge in [-0.05, 0) is 6.92 Å². The van der Waals surface area contributed by atoms with Crippen LogP contribution in [0.25, 0.3) is 0 Å². The SMILES string of the molecule is CC(OS(=O)(=O)C(CF)CF)OS(=O)(=O)C(CF)CF. The van der Waals surface area contributed by atoms with Crippen molar-refractivity contribution in [1.29, 1.82) is 0 Å². The van der Waals surface area contributed by atoms with Gasteiger partial charge in [-0.25, -0.2) is 25.9 Å². The van der Waals surface area contributed by atoms with Gasteiger partial charge in [-0.3, -0.25) is 0 Å². The maximum absolute atomic E-state index is 12.2. The third-order valence-electron chi connectivity index (χ3n) is 2.04. The third-order valence-corrected chi connectivity index (χ3v) is 5.26. The lowest BCUT2D eigenvalue weighted by Crippen LogP contribution is -2.35. The summed E-state index contributed by atoms with van der Waals surface area (Å²) in [6.07, 6.45) is -2.01. The Morgan fingerprint density at radius 1 is 0.750 bits per heavy atom. The minimum atomic E-state index is -4.76. The second kappa shape index (κ2) is 8.10. The van der Waals surface area contributed by atoms with E-state index in [4.69, 9.17) is 0 Å². The van der Waals surface area contributed by atoms with E-state index in [1.54, 1.807) is 0 Å². The third kappa shape index (κ3) is 5.50. The molecule has 0 bridgehead atoms. The van der Waals surface area contributed by atoms with Crippen molar-refractivity contribution in [3.8, 4) is 0 Å². The molecule has 0 fully saturated rings. The number of hydrogen-bond donors (Lipinski definition) is 0. The van der Waals surface area contributed by atoms with E-state index in [1.807, 2.05) is 0 Å². The normalized spacial score (nSPS) is 13.6. The summed E-state index contributed by atoms with van der Waals surface area (Å²) in [6.45, 7) is -5.56. The first-order valence-corrected chi connectivity index (χ1v) is 8.17. The number of alkyl halides is 4. The molecule has 0 N–H and O–H groups in total. The summed E-state index contributed by atoms with van der Waals surface area (Å²) in [7, 11) is -9.52. The lowest BCUT2D eigenvalue weighted by atomic mass is 10.5. The standard InChI is InChI=1S/C8H14F4O6S2/c1-6(17-19(13,14)7(2-9)3-10)18-20(15,16)8(4-11)5-12/h6-8H,2-5H2,1H3. The summed E-state index contributed by atoms with van der Waals surface area (Å²) < 4.78 is 102. The predicted molar refractivity (Wildman–Crippen MR) is 60.9 cm³/mol. The summed E-state index contributed by atoms with van der Waals surface area (Å²) in [5, 5.41) is -4.26. The van der Waals surface area contributed by atoms with Gasteiger partial charge in [0, 0.05) is 0 Å². The molecule has 0 spiro atoms. The molecule has 122 valence electrons. The zero-order chi connectivity index (χ0) is 16.0. The molecule has 0 aromatic carbocycles. The van der Waals surface area contributed by atoms with Crippen LogP contribution in [-0.2, 0) is 28.6 Å². The average molecular weight is 346 g/mol. The largest absolute Gasteiger partial charge is 0.277 e. The van der Waals surface area contributed by atoms with Crippen molar-refractivity contribution < 1.29 is 42.8 Å². The van der Waals surface area contributed by atoms with Gasteiger partial charge in [-0.15, -0.1) is 0 Å². The average Bonchev–Trinajstić information content (AvgIpc) is 2.29. The van der Waals surface area contributed by atoms with Gasteiger partial charge in [0.15, 0.2) is 6.29 Å². The molecule has 0 heterocycles. The first kappa shape index (κ1) is 19.5. The summed E-state index contributed by atoms with van der Waals surface area (Å²) in [4.78, 5) is 0.